The summed E-state index contributed by atoms with van der Waals surface area (Å²) in [5.41, 5.74) is 5.15. The predicted octanol–water partition coefficient (Wildman–Crippen LogP) is 5.82. The van der Waals surface area contributed by atoms with E-state index in [-0.39, 0.29) is 0 Å². The molecule has 1 N–H and O–H groups in total. The predicted molar refractivity (Wildman–Crippen MR) is 118 cm³/mol. The van der Waals surface area contributed by atoms with Gasteiger partial charge in [0.25, 0.3) is 0 Å². The minimum atomic E-state index is 0.716. The zero-order chi connectivity index (χ0) is 19.8. The van der Waals surface area contributed by atoms with Gasteiger partial charge in [-0.05, 0) is 43.2 Å². The van der Waals surface area contributed by atoms with Crippen LogP contribution in [-0.4, -0.2) is 14.4 Å². The van der Waals surface area contributed by atoms with Crippen molar-refractivity contribution in [1.29, 1.82) is 0 Å². The van der Waals surface area contributed by atoms with Gasteiger partial charge in [-0.25, -0.2) is 4.98 Å². The Kier molecular flexibility index (Phi) is 6.58. The van der Waals surface area contributed by atoms with Crippen LogP contribution >= 0.6 is 0 Å². The molecule has 3 aromatic heterocycles. The Hall–Kier alpha value is -3.40. The normalized spacial score (nSPS) is 12.6. The minimum absolute atomic E-state index is 0.716. The fourth-order valence-corrected chi connectivity index (χ4v) is 3.03. The van der Waals surface area contributed by atoms with Crippen molar-refractivity contribution < 1.29 is 0 Å². The van der Waals surface area contributed by atoms with Gasteiger partial charge in [0.15, 0.2) is 0 Å². The third-order valence-electron chi connectivity index (χ3n) is 4.37. The van der Waals surface area contributed by atoms with Gasteiger partial charge < -0.3 is 9.72 Å². The average molecular weight is 371 g/mol. The van der Waals surface area contributed by atoms with E-state index < -0.39 is 0 Å². The molecule has 0 spiro atoms. The number of imidazole rings is 1. The summed E-state index contributed by atoms with van der Waals surface area (Å²) in [6, 6.07) is 10.1. The van der Waals surface area contributed by atoms with Crippen molar-refractivity contribution >= 4 is 16.9 Å². The molecule has 0 aliphatic heterocycles. The van der Waals surface area contributed by atoms with E-state index >= 15 is 0 Å². The number of fused-ring (bicyclic) bond motifs is 1. The van der Waals surface area contributed by atoms with Crippen molar-refractivity contribution in [3.05, 3.63) is 103 Å². The number of anilines is 1. The quantitative estimate of drug-likeness (QED) is 0.508. The smallest absolute Gasteiger partial charge is 0.118 e. The fraction of sp³-hybridized carbons (Fsp3) is 0.167. The van der Waals surface area contributed by atoms with Crippen LogP contribution in [0.4, 0.5) is 5.69 Å². The highest BCUT2D eigenvalue weighted by Gasteiger charge is 2.15. The highest BCUT2D eigenvalue weighted by molar-refractivity contribution is 5.83. The number of nitrogens with one attached hydrogen (secondary N) is 1. The first-order chi connectivity index (χ1) is 13.8. The summed E-state index contributed by atoms with van der Waals surface area (Å²) in [6.07, 6.45) is 17.4. The van der Waals surface area contributed by atoms with Crippen molar-refractivity contribution in [2.75, 3.05) is 5.32 Å². The van der Waals surface area contributed by atoms with Crippen molar-refractivity contribution in [3.8, 4) is 0 Å². The molecular weight excluding hydrogens is 344 g/mol. The van der Waals surface area contributed by atoms with Gasteiger partial charge in [0.05, 0.1) is 11.2 Å². The van der Waals surface area contributed by atoms with Gasteiger partial charge in [-0.2, -0.15) is 0 Å². The number of hydrogen-bond donors (Lipinski definition) is 1. The summed E-state index contributed by atoms with van der Waals surface area (Å²) in [5.74, 6) is 0.986. The molecule has 28 heavy (non-hydrogen) atoms. The molecule has 3 aromatic rings. The van der Waals surface area contributed by atoms with Gasteiger partial charge in [-0.3, -0.25) is 4.98 Å². The molecular formula is C24H26N4. The second-order valence-corrected chi connectivity index (χ2v) is 6.37. The molecule has 0 aliphatic rings. The number of pyridine rings is 2. The lowest BCUT2D eigenvalue weighted by atomic mass is 10.1. The van der Waals surface area contributed by atoms with Gasteiger partial charge in [0.1, 0.15) is 11.5 Å². The summed E-state index contributed by atoms with van der Waals surface area (Å²) in [6.45, 7) is 8.08. The highest BCUT2D eigenvalue weighted by Crippen LogP contribution is 2.25. The number of nitrogens with zero attached hydrogens (tertiary/aromatic N) is 3. The highest BCUT2D eigenvalue weighted by atomic mass is 15.0. The van der Waals surface area contributed by atoms with Crippen LogP contribution in [0.1, 0.15) is 31.8 Å². The number of allylic oxidation sites excluding steroid dienone is 6. The largest absolute Gasteiger partial charge is 0.354 e. The Balaban J connectivity index is 2.05. The Morgan fingerprint density at radius 1 is 1.21 bits per heavy atom. The fourth-order valence-electron chi connectivity index (χ4n) is 3.03. The first kappa shape index (κ1) is 19.4. The first-order valence-corrected chi connectivity index (χ1v) is 9.54. The molecule has 3 heterocycles. The number of rotatable bonds is 8. The Morgan fingerprint density at radius 3 is 2.75 bits per heavy atom. The zero-order valence-electron chi connectivity index (χ0n) is 16.5. The standard InChI is InChI=1S/C24H26N4/c1-4-7-11-19(6-3)18-23-27-24(22-12-8-9-17-28(22)23)21(10-5-2)26-20-13-15-25-16-14-20/h4,6-17H,3,5,18H2,1-2H3,(H,25,26)/b7-4-,19-11+,21-10?. The summed E-state index contributed by atoms with van der Waals surface area (Å²) in [4.78, 5) is 9.10. The summed E-state index contributed by atoms with van der Waals surface area (Å²) >= 11 is 0. The Bertz CT molecular complexity index is 1020. The molecule has 0 unspecified atom stereocenters. The van der Waals surface area contributed by atoms with Crippen LogP contribution < -0.4 is 5.32 Å². The molecule has 3 rings (SSSR count). The van der Waals surface area contributed by atoms with Crippen LogP contribution in [0.25, 0.3) is 11.2 Å². The van der Waals surface area contributed by atoms with E-state index in [0.29, 0.717) is 6.42 Å². The van der Waals surface area contributed by atoms with Gasteiger partial charge in [-0.1, -0.05) is 49.9 Å². The van der Waals surface area contributed by atoms with Crippen molar-refractivity contribution in [2.24, 2.45) is 0 Å². The van der Waals surface area contributed by atoms with Gasteiger partial charge in [0, 0.05) is 30.7 Å². The Labute approximate surface area is 166 Å². The lowest BCUT2D eigenvalue weighted by molar-refractivity contribution is 0.959. The van der Waals surface area contributed by atoms with Crippen molar-refractivity contribution in [2.45, 2.75) is 26.7 Å². The maximum atomic E-state index is 5.00. The van der Waals surface area contributed by atoms with E-state index in [2.05, 4.69) is 52.6 Å². The van der Waals surface area contributed by atoms with Crippen molar-refractivity contribution in [3.63, 3.8) is 0 Å². The molecule has 0 fully saturated rings. The third-order valence-corrected chi connectivity index (χ3v) is 4.37. The summed E-state index contributed by atoms with van der Waals surface area (Å²) in [7, 11) is 0. The molecule has 0 aromatic carbocycles. The maximum absolute atomic E-state index is 5.00. The van der Waals surface area contributed by atoms with Crippen LogP contribution in [0, 0.1) is 0 Å². The molecule has 0 radical (unpaired) electrons. The van der Waals surface area contributed by atoms with E-state index in [1.807, 2.05) is 49.4 Å². The van der Waals surface area contributed by atoms with E-state index in [9.17, 15) is 0 Å². The number of aromatic nitrogens is 3. The molecule has 0 amide bonds. The van der Waals surface area contributed by atoms with E-state index in [1.165, 1.54) is 0 Å². The van der Waals surface area contributed by atoms with Gasteiger partial charge >= 0.3 is 0 Å². The van der Waals surface area contributed by atoms with Crippen LogP contribution in [0.2, 0.25) is 0 Å². The molecule has 0 atom stereocenters. The zero-order valence-corrected chi connectivity index (χ0v) is 16.5. The van der Waals surface area contributed by atoms with Crippen LogP contribution in [0.5, 0.6) is 0 Å². The van der Waals surface area contributed by atoms with Crippen molar-refractivity contribution in [1.82, 2.24) is 14.4 Å². The first-order valence-electron chi connectivity index (χ1n) is 9.54. The second kappa shape index (κ2) is 9.51. The van der Waals surface area contributed by atoms with E-state index in [0.717, 1.165) is 40.4 Å². The molecule has 4 nitrogen and oxygen atoms in total. The molecule has 4 heteroatoms. The SMILES string of the molecule is C=C/C(=C\C=C/C)Cc1nc(C(=CCC)Nc2ccncc2)c2ccccn12. The molecule has 0 saturated carbocycles. The number of hydrogen-bond acceptors (Lipinski definition) is 3. The molecule has 0 bridgehead atoms. The van der Waals surface area contributed by atoms with Gasteiger partial charge in [-0.15, -0.1) is 0 Å². The van der Waals surface area contributed by atoms with Crippen LogP contribution in [-0.2, 0) is 6.42 Å². The third kappa shape index (κ3) is 4.46. The average Bonchev–Trinajstić information content (AvgIpc) is 3.10. The summed E-state index contributed by atoms with van der Waals surface area (Å²) in [5, 5.41) is 3.50. The minimum Gasteiger partial charge on any atom is -0.354 e. The monoisotopic (exact) mass is 370 g/mol. The second-order valence-electron chi connectivity index (χ2n) is 6.37. The van der Waals surface area contributed by atoms with Gasteiger partial charge in [0.2, 0.25) is 0 Å². The van der Waals surface area contributed by atoms with E-state index in [1.54, 1.807) is 12.4 Å². The molecule has 0 saturated heterocycles. The Morgan fingerprint density at radius 2 is 2.04 bits per heavy atom. The lowest BCUT2D eigenvalue weighted by Gasteiger charge is -2.09. The topological polar surface area (TPSA) is 42.2 Å². The lowest BCUT2D eigenvalue weighted by Crippen LogP contribution is -2.00. The van der Waals surface area contributed by atoms with Crippen LogP contribution in [0.3, 0.4) is 0 Å². The summed E-state index contributed by atoms with van der Waals surface area (Å²) < 4.78 is 2.15. The maximum Gasteiger partial charge on any atom is 0.118 e. The molecule has 142 valence electrons. The molecule has 0 aliphatic carbocycles. The van der Waals surface area contributed by atoms with E-state index in [4.69, 9.17) is 4.98 Å². The van der Waals surface area contributed by atoms with Crippen LogP contribution in [0.15, 0.2) is 91.5 Å².